The minimum absolute atomic E-state index is 0.0431. The van der Waals surface area contributed by atoms with E-state index in [4.69, 9.17) is 16.5 Å². The van der Waals surface area contributed by atoms with Gasteiger partial charge in [0.25, 0.3) is 11.1 Å². The fraction of sp³-hybridized carbons (Fsp3) is 0.0667. The lowest BCUT2D eigenvalue weighted by Gasteiger charge is -2.21. The number of fused-ring (bicyclic) bond motifs is 13. The number of hydrogen-bond donors (Lipinski definition) is 0. The molecule has 0 aliphatic rings. The van der Waals surface area contributed by atoms with Crippen molar-refractivity contribution >= 4 is 166 Å². The quantitative estimate of drug-likeness (QED) is 0.131. The first-order chi connectivity index (χ1) is 32.3. The van der Waals surface area contributed by atoms with Gasteiger partial charge in [-0.3, -0.25) is 18.4 Å². The van der Waals surface area contributed by atoms with Crippen LogP contribution in [0.4, 0.5) is 0 Å². The van der Waals surface area contributed by atoms with Gasteiger partial charge in [-0.15, -0.1) is 0 Å². The molecule has 0 amide bonds. The molecule has 15 aromatic rings. The maximum absolute atomic E-state index is 14.6. The Hall–Kier alpha value is -8.48. The summed E-state index contributed by atoms with van der Waals surface area (Å²) in [6, 6.07) is 36.6. The van der Waals surface area contributed by atoms with Gasteiger partial charge in [-0.25, -0.2) is 9.97 Å². The van der Waals surface area contributed by atoms with Crippen LogP contribution >= 0.6 is 0 Å². The van der Waals surface area contributed by atoms with Gasteiger partial charge in [0.1, 0.15) is 11.3 Å². The van der Waals surface area contributed by atoms with Gasteiger partial charge in [0.05, 0.1) is 22.4 Å². The monoisotopic (exact) mass is 844 g/mol. The number of benzene rings is 11. The molecule has 0 unspecified atom stereocenters. The lowest BCUT2D eigenvalue weighted by atomic mass is 9.82. The Morgan fingerprint density at radius 1 is 0.545 bits per heavy atom. The highest BCUT2D eigenvalue weighted by Crippen LogP contribution is 2.48. The topological polar surface area (TPSA) is 68.7 Å². The lowest BCUT2D eigenvalue weighted by Crippen LogP contribution is -2.16. The van der Waals surface area contributed by atoms with Crippen LogP contribution in [0.1, 0.15) is 37.2 Å². The molecule has 0 N–H and O–H groups in total. The Bertz CT molecular complexity index is 5060. The van der Waals surface area contributed by atoms with Crippen LogP contribution in [0.15, 0.2) is 125 Å². The van der Waals surface area contributed by atoms with E-state index in [0.29, 0.717) is 27.8 Å². The summed E-state index contributed by atoms with van der Waals surface area (Å²) >= 11 is 0. The number of hydrogen-bond acceptors (Lipinski definition) is 4. The summed E-state index contributed by atoms with van der Waals surface area (Å²) in [7, 11) is 0. The molecule has 11 aromatic carbocycles. The fourth-order valence-corrected chi connectivity index (χ4v) is 12.6. The number of nitrogens with zero attached hydrogens (tertiary/aromatic N) is 4. The van der Waals surface area contributed by atoms with E-state index in [-0.39, 0.29) is 11.1 Å². The lowest BCUT2D eigenvalue weighted by molar-refractivity contribution is 1.13. The van der Waals surface area contributed by atoms with Gasteiger partial charge in [-0.05, 0) is 171 Å². The molecule has 0 atom stereocenters. The van der Waals surface area contributed by atoms with E-state index in [9.17, 15) is 9.59 Å². The van der Waals surface area contributed by atoms with E-state index in [1.807, 2.05) is 55.5 Å². The number of para-hydroxylation sites is 2. The molecule has 0 bridgehead atoms. The molecule has 0 aliphatic heterocycles. The second-order valence-electron chi connectivity index (χ2n) is 18.2. The molecule has 308 valence electrons. The summed E-state index contributed by atoms with van der Waals surface area (Å²) in [5.74, 6) is 0. The Morgan fingerprint density at radius 2 is 1.06 bits per heavy atom. The van der Waals surface area contributed by atoms with Gasteiger partial charge < -0.3 is 0 Å². The van der Waals surface area contributed by atoms with Gasteiger partial charge >= 0.3 is 0 Å². The zero-order valence-corrected chi connectivity index (χ0v) is 36.4. The summed E-state index contributed by atoms with van der Waals surface area (Å²) in [6.07, 6.45) is 8.80. The van der Waals surface area contributed by atoms with Crippen molar-refractivity contribution in [1.29, 1.82) is 0 Å². The summed E-state index contributed by atoms with van der Waals surface area (Å²) in [5.41, 5.74) is 5.46. The second kappa shape index (κ2) is 12.0. The summed E-state index contributed by atoms with van der Waals surface area (Å²) in [6.45, 7) is 15.4. The zero-order chi connectivity index (χ0) is 44.2. The summed E-state index contributed by atoms with van der Waals surface area (Å²) < 4.78 is 3.53. The Kier molecular flexibility index (Phi) is 6.53. The van der Waals surface area contributed by atoms with Crippen molar-refractivity contribution in [3.8, 4) is 0 Å². The molecule has 0 saturated carbocycles. The summed E-state index contributed by atoms with van der Waals surface area (Å²) in [5, 5.41) is 25.8. The minimum atomic E-state index is -0.0776. The fourth-order valence-electron chi connectivity index (χ4n) is 12.6. The first-order valence-corrected chi connectivity index (χ1v) is 22.7. The number of pyridine rings is 2. The first-order valence-electron chi connectivity index (χ1n) is 22.7. The highest BCUT2D eigenvalue weighted by atomic mass is 16.1. The molecule has 15 rings (SSSR count). The van der Waals surface area contributed by atoms with Crippen molar-refractivity contribution in [2.24, 2.45) is 0 Å². The molecule has 6 nitrogen and oxygen atoms in total. The van der Waals surface area contributed by atoms with E-state index >= 15 is 0 Å². The van der Waals surface area contributed by atoms with Crippen LogP contribution < -0.4 is 21.6 Å². The van der Waals surface area contributed by atoms with Gasteiger partial charge in [0.15, 0.2) is 0 Å². The van der Waals surface area contributed by atoms with Crippen molar-refractivity contribution in [3.63, 3.8) is 0 Å². The van der Waals surface area contributed by atoms with Crippen molar-refractivity contribution in [1.82, 2.24) is 18.8 Å². The third kappa shape index (κ3) is 3.95. The number of aryl methyl sites for hydroxylation is 1. The van der Waals surface area contributed by atoms with E-state index < -0.39 is 0 Å². The van der Waals surface area contributed by atoms with Crippen molar-refractivity contribution < 1.29 is 0 Å². The van der Waals surface area contributed by atoms with Crippen LogP contribution in [0.3, 0.4) is 0 Å². The highest BCUT2D eigenvalue weighted by molar-refractivity contribution is 6.43. The predicted octanol–water partition coefficient (Wildman–Crippen LogP) is 12.9. The van der Waals surface area contributed by atoms with Crippen molar-refractivity contribution in [2.45, 2.75) is 27.2 Å². The molecule has 0 saturated heterocycles. The largest absolute Gasteiger partial charge is 0.268 e. The molecule has 4 heterocycles. The van der Waals surface area contributed by atoms with Gasteiger partial charge in [0, 0.05) is 32.3 Å². The van der Waals surface area contributed by atoms with Gasteiger partial charge in [-0.2, -0.15) is 0 Å². The average Bonchev–Trinajstić information content (AvgIpc) is 3.92. The third-order valence-electron chi connectivity index (χ3n) is 15.1. The van der Waals surface area contributed by atoms with Crippen molar-refractivity contribution in [3.05, 3.63) is 164 Å². The molecule has 6 heteroatoms. The first kappa shape index (κ1) is 35.9. The van der Waals surface area contributed by atoms with Gasteiger partial charge in [-0.1, -0.05) is 99.0 Å². The number of imidazole rings is 2. The van der Waals surface area contributed by atoms with E-state index in [1.54, 1.807) is 14.9 Å². The maximum atomic E-state index is 14.6. The molecule has 0 fully saturated rings. The Morgan fingerprint density at radius 3 is 1.71 bits per heavy atom. The Balaban J connectivity index is 1.09. The number of allylic oxidation sites excluding steroid dienone is 1. The average molecular weight is 845 g/mol. The number of aromatic nitrogens is 4. The zero-order valence-electron chi connectivity index (χ0n) is 36.4. The molecule has 0 spiro atoms. The molecule has 0 radical (unpaired) electrons. The minimum Gasteiger partial charge on any atom is -0.268 e. The van der Waals surface area contributed by atoms with E-state index in [0.717, 1.165) is 104 Å². The SMILES string of the molecule is C=Cc1nc2c3ccc4c5c(C)cc6c7ccc8c9ccc%10c(=O)n%11c%12ccccc%12nc%11c%11ccc(c%12ccc(c(=C)c6c5/c(=C\CC)c5ccc(c(=O)n2c1/C=C\C)c3c54)c7c8%12)c9c%10%11. The Labute approximate surface area is 373 Å². The van der Waals surface area contributed by atoms with E-state index in [2.05, 4.69) is 93.2 Å². The molecule has 66 heavy (non-hydrogen) atoms. The number of rotatable bonds is 3. The van der Waals surface area contributed by atoms with Crippen LogP contribution in [0.5, 0.6) is 0 Å². The maximum Gasteiger partial charge on any atom is 0.264 e. The second-order valence-corrected chi connectivity index (χ2v) is 18.2. The third-order valence-corrected chi connectivity index (χ3v) is 15.1. The van der Waals surface area contributed by atoms with Crippen molar-refractivity contribution in [2.75, 3.05) is 0 Å². The predicted molar refractivity (Wildman–Crippen MR) is 280 cm³/mol. The highest BCUT2D eigenvalue weighted by Gasteiger charge is 2.26. The summed E-state index contributed by atoms with van der Waals surface area (Å²) in [4.78, 5) is 38.9. The van der Waals surface area contributed by atoms with Gasteiger partial charge in [0.2, 0.25) is 0 Å². The molecule has 0 aliphatic carbocycles. The van der Waals surface area contributed by atoms with Crippen LogP contribution in [-0.4, -0.2) is 18.8 Å². The smallest absolute Gasteiger partial charge is 0.264 e. The molecular formula is C60H36N4O2. The molecular weight excluding hydrogens is 809 g/mol. The van der Waals surface area contributed by atoms with Crippen LogP contribution in [0, 0.1) is 6.92 Å². The van der Waals surface area contributed by atoms with E-state index in [1.165, 1.54) is 43.1 Å². The molecule has 4 aromatic heterocycles. The van der Waals surface area contributed by atoms with Crippen LogP contribution in [0.2, 0.25) is 0 Å². The van der Waals surface area contributed by atoms with Crippen LogP contribution in [-0.2, 0) is 0 Å². The standard InChI is InChI=1S/C60H36N4O2/c1-6-11-31-32-20-25-42-55-40(57-61-44(8-3)46(12-7-2)63(57)59(42)65)24-22-38(53(32)55)48-28(4)27-43-37-18-17-34-36-21-26-41-54-39(58-62-45-13-9-10-14-47(45)64(58)60(41)66)23-19-35(52(36)54)33-16-15-30(50(37)51(33)34)29(5)49(43)56(31)48/h7-27H,3,5-6H2,1-2,4H3/b12-7-,31-11-. The normalized spacial score (nSPS) is 13.4. The van der Waals surface area contributed by atoms with Crippen LogP contribution in [0.25, 0.3) is 166 Å².